The van der Waals surface area contributed by atoms with Crippen LogP contribution in [0.15, 0.2) is 77.7 Å². The second-order valence-electron chi connectivity index (χ2n) is 7.54. The van der Waals surface area contributed by atoms with Crippen molar-refractivity contribution in [1.82, 2.24) is 5.32 Å². The maximum Gasteiger partial charge on any atom is 0.264 e. The highest BCUT2D eigenvalue weighted by atomic mass is 35.5. The van der Waals surface area contributed by atoms with Gasteiger partial charge in [-0.1, -0.05) is 54.7 Å². The Balaban J connectivity index is 1.65. The number of nitrogens with one attached hydrogen (secondary N) is 1. The van der Waals surface area contributed by atoms with Crippen LogP contribution in [0.1, 0.15) is 18.9 Å². The monoisotopic (exact) mass is 520 g/mol. The summed E-state index contributed by atoms with van der Waals surface area (Å²) in [5.41, 5.74) is 1.52. The lowest BCUT2D eigenvalue weighted by Crippen LogP contribution is -2.41. The van der Waals surface area contributed by atoms with E-state index in [9.17, 15) is 13.2 Å². The van der Waals surface area contributed by atoms with E-state index in [2.05, 4.69) is 12.2 Å². The Kier molecular flexibility index (Phi) is 9.21. The molecule has 3 aromatic rings. The number of hydrogen-bond acceptors (Lipinski definition) is 4. The number of anilines is 1. The molecule has 3 aromatic carbocycles. The van der Waals surface area contributed by atoms with Crippen LogP contribution in [0.25, 0.3) is 0 Å². The van der Waals surface area contributed by atoms with E-state index in [4.69, 9.17) is 27.9 Å². The van der Waals surface area contributed by atoms with Crippen molar-refractivity contribution in [2.24, 2.45) is 0 Å². The van der Waals surface area contributed by atoms with Crippen molar-refractivity contribution >= 4 is 44.8 Å². The van der Waals surface area contributed by atoms with Gasteiger partial charge in [0.2, 0.25) is 5.91 Å². The third-order valence-electron chi connectivity index (χ3n) is 4.94. The Hall–Kier alpha value is -2.74. The number of halogens is 2. The normalized spacial score (nSPS) is 11.1. The van der Waals surface area contributed by atoms with E-state index in [0.717, 1.165) is 17.1 Å². The number of aryl methyl sites for hydroxylation is 1. The minimum absolute atomic E-state index is 0.0135. The number of sulfonamides is 1. The molecule has 6 nitrogen and oxygen atoms in total. The van der Waals surface area contributed by atoms with Crippen molar-refractivity contribution in [3.05, 3.63) is 88.4 Å². The van der Waals surface area contributed by atoms with Crippen molar-refractivity contribution in [1.29, 1.82) is 0 Å². The lowest BCUT2D eigenvalue weighted by Gasteiger charge is -2.24. The number of ether oxygens (including phenoxy) is 1. The van der Waals surface area contributed by atoms with Gasteiger partial charge in [0.25, 0.3) is 10.0 Å². The van der Waals surface area contributed by atoms with Crippen LogP contribution >= 0.6 is 23.2 Å². The second-order valence-corrected chi connectivity index (χ2v) is 10.3. The number of nitrogens with zero attached hydrogens (tertiary/aromatic N) is 1. The number of amides is 1. The highest BCUT2D eigenvalue weighted by molar-refractivity contribution is 7.92. The number of benzene rings is 3. The molecular formula is C25H26Cl2N2O4S. The van der Waals surface area contributed by atoms with Crippen molar-refractivity contribution in [2.45, 2.75) is 24.7 Å². The Bertz CT molecular complexity index is 1200. The summed E-state index contributed by atoms with van der Waals surface area (Å²) in [5, 5.41) is 3.47. The summed E-state index contributed by atoms with van der Waals surface area (Å²) in [6, 6.07) is 19.9. The van der Waals surface area contributed by atoms with E-state index < -0.39 is 22.5 Å². The van der Waals surface area contributed by atoms with E-state index in [1.807, 2.05) is 24.3 Å². The fraction of sp³-hybridized carbons (Fsp3) is 0.240. The van der Waals surface area contributed by atoms with Crippen LogP contribution in [-0.4, -0.2) is 34.0 Å². The molecule has 0 atom stereocenters. The largest absolute Gasteiger partial charge is 0.492 e. The molecule has 0 aliphatic rings. The topological polar surface area (TPSA) is 75.7 Å². The van der Waals surface area contributed by atoms with Gasteiger partial charge in [-0.05, 0) is 66.6 Å². The summed E-state index contributed by atoms with van der Waals surface area (Å²) < 4.78 is 33.3. The minimum Gasteiger partial charge on any atom is -0.492 e. The molecule has 0 spiro atoms. The highest BCUT2D eigenvalue weighted by Gasteiger charge is 2.27. The molecular weight excluding hydrogens is 495 g/mol. The zero-order valence-electron chi connectivity index (χ0n) is 18.7. The highest BCUT2D eigenvalue weighted by Crippen LogP contribution is 2.26. The fourth-order valence-corrected chi connectivity index (χ4v) is 4.99. The van der Waals surface area contributed by atoms with Crippen molar-refractivity contribution in [3.63, 3.8) is 0 Å². The summed E-state index contributed by atoms with van der Waals surface area (Å²) in [6.07, 6.45) is 2.09. The molecule has 0 saturated heterocycles. The van der Waals surface area contributed by atoms with Crippen LogP contribution in [0, 0.1) is 0 Å². The lowest BCUT2D eigenvalue weighted by molar-refractivity contribution is -0.119. The average molecular weight is 521 g/mol. The van der Waals surface area contributed by atoms with Crippen molar-refractivity contribution in [2.75, 3.05) is 24.0 Å². The molecule has 0 heterocycles. The summed E-state index contributed by atoms with van der Waals surface area (Å²) in [5.74, 6) is 0.236. The van der Waals surface area contributed by atoms with Gasteiger partial charge in [-0.15, -0.1) is 0 Å². The van der Waals surface area contributed by atoms with E-state index in [-0.39, 0.29) is 23.7 Å². The predicted molar refractivity (Wildman–Crippen MR) is 136 cm³/mol. The summed E-state index contributed by atoms with van der Waals surface area (Å²) in [4.78, 5) is 12.7. The van der Waals surface area contributed by atoms with Gasteiger partial charge < -0.3 is 10.1 Å². The molecule has 180 valence electrons. The van der Waals surface area contributed by atoms with E-state index in [0.29, 0.717) is 15.8 Å². The molecule has 0 fully saturated rings. The summed E-state index contributed by atoms with van der Waals surface area (Å²) >= 11 is 12.0. The van der Waals surface area contributed by atoms with E-state index in [1.165, 1.54) is 35.9 Å². The quantitative estimate of drug-likeness (QED) is 0.346. The van der Waals surface area contributed by atoms with Gasteiger partial charge in [0, 0.05) is 10.0 Å². The summed E-state index contributed by atoms with van der Waals surface area (Å²) in [7, 11) is -4.04. The first-order valence-corrected chi connectivity index (χ1v) is 13.0. The molecule has 0 bridgehead atoms. The van der Waals surface area contributed by atoms with Gasteiger partial charge in [-0.3, -0.25) is 9.10 Å². The fourth-order valence-electron chi connectivity index (χ4n) is 3.27. The Morgan fingerprint density at radius 1 is 0.971 bits per heavy atom. The first kappa shape index (κ1) is 25.9. The standard InChI is InChI=1S/C25H26Cl2N2O4S/c1-2-4-19-7-11-23(12-8-19)33-16-15-28-25(30)18-29(22-6-3-5-21(27)17-22)34(31,32)24-13-9-20(26)10-14-24/h3,5-14,17H,2,4,15-16,18H2,1H3,(H,28,30). The number of carbonyl (C=O) groups excluding carboxylic acids is 1. The molecule has 9 heteroatoms. The van der Waals surface area contributed by atoms with Crippen LogP contribution < -0.4 is 14.4 Å². The minimum atomic E-state index is -4.04. The zero-order valence-corrected chi connectivity index (χ0v) is 21.0. The molecule has 3 rings (SSSR count). The van der Waals surface area contributed by atoms with Gasteiger partial charge in [0.15, 0.2) is 0 Å². The van der Waals surface area contributed by atoms with Crippen molar-refractivity contribution in [3.8, 4) is 5.75 Å². The SMILES string of the molecule is CCCc1ccc(OCCNC(=O)CN(c2cccc(Cl)c2)S(=O)(=O)c2ccc(Cl)cc2)cc1. The number of rotatable bonds is 11. The summed E-state index contributed by atoms with van der Waals surface area (Å²) in [6.45, 7) is 2.18. The lowest BCUT2D eigenvalue weighted by atomic mass is 10.1. The van der Waals surface area contributed by atoms with Gasteiger partial charge in [0.1, 0.15) is 18.9 Å². The molecule has 34 heavy (non-hydrogen) atoms. The molecule has 0 radical (unpaired) electrons. The predicted octanol–water partition coefficient (Wildman–Crippen LogP) is 5.34. The third kappa shape index (κ3) is 7.13. The molecule has 0 aliphatic carbocycles. The van der Waals surface area contributed by atoms with Crippen LogP contribution in [0.2, 0.25) is 10.0 Å². The molecule has 0 aliphatic heterocycles. The van der Waals surface area contributed by atoms with Crippen LogP contribution in [0.4, 0.5) is 5.69 Å². The molecule has 0 aromatic heterocycles. The first-order valence-electron chi connectivity index (χ1n) is 10.8. The molecule has 0 saturated carbocycles. The van der Waals surface area contributed by atoms with Crippen LogP contribution in [0.5, 0.6) is 5.75 Å². The zero-order chi connectivity index (χ0) is 24.6. The van der Waals surface area contributed by atoms with Gasteiger partial charge in [-0.25, -0.2) is 8.42 Å². The average Bonchev–Trinajstić information content (AvgIpc) is 2.82. The maximum atomic E-state index is 13.3. The molecule has 0 unspecified atom stereocenters. The van der Waals surface area contributed by atoms with E-state index >= 15 is 0 Å². The Morgan fingerprint density at radius 3 is 2.32 bits per heavy atom. The van der Waals surface area contributed by atoms with Crippen LogP contribution in [0.3, 0.4) is 0 Å². The smallest absolute Gasteiger partial charge is 0.264 e. The number of carbonyl (C=O) groups is 1. The third-order valence-corrected chi connectivity index (χ3v) is 7.22. The molecule has 1 amide bonds. The van der Waals surface area contributed by atoms with Gasteiger partial charge in [0.05, 0.1) is 17.1 Å². The van der Waals surface area contributed by atoms with Gasteiger partial charge >= 0.3 is 0 Å². The maximum absolute atomic E-state index is 13.3. The number of hydrogen-bond donors (Lipinski definition) is 1. The van der Waals surface area contributed by atoms with Crippen molar-refractivity contribution < 1.29 is 17.9 Å². The first-order chi connectivity index (χ1) is 16.3. The van der Waals surface area contributed by atoms with Crippen LogP contribution in [-0.2, 0) is 21.2 Å². The Morgan fingerprint density at radius 2 is 1.68 bits per heavy atom. The second kappa shape index (κ2) is 12.1. The van der Waals surface area contributed by atoms with E-state index in [1.54, 1.807) is 18.2 Å². The molecule has 1 N–H and O–H groups in total. The van der Waals surface area contributed by atoms with Gasteiger partial charge in [-0.2, -0.15) is 0 Å². The Labute approximate surface area is 210 Å².